The van der Waals surface area contributed by atoms with Gasteiger partial charge in [0.2, 0.25) is 0 Å². The average Bonchev–Trinajstić information content (AvgIpc) is 3.72. The van der Waals surface area contributed by atoms with Gasteiger partial charge in [-0.25, -0.2) is 12.2 Å². The van der Waals surface area contributed by atoms with E-state index in [4.69, 9.17) is 0 Å². The van der Waals surface area contributed by atoms with Gasteiger partial charge < -0.3 is 0 Å². The van der Waals surface area contributed by atoms with E-state index in [1.54, 1.807) is 0 Å². The van der Waals surface area contributed by atoms with E-state index < -0.39 is 0 Å². The summed E-state index contributed by atoms with van der Waals surface area (Å²) >= 11 is 1.30. The number of rotatable bonds is 0. The molecule has 0 saturated carbocycles. The Morgan fingerprint density at radius 2 is 1.00 bits per heavy atom. The third-order valence-electron chi connectivity index (χ3n) is 8.59. The molecule has 4 aromatic carbocycles. The third-order valence-corrected chi connectivity index (χ3v) is 8.59. The number of halogens is 2. The molecule has 2 aliphatic carbocycles. The molecular formula is C49H64Cl2Zr-4. The topological polar surface area (TPSA) is 0 Å². The van der Waals surface area contributed by atoms with Crippen LogP contribution in [0.5, 0.6) is 0 Å². The van der Waals surface area contributed by atoms with E-state index in [1.165, 1.54) is 79.9 Å². The monoisotopic (exact) mass is 812 g/mol. The molecule has 0 spiro atoms. The molecule has 0 radical (unpaired) electrons. The number of aryl methyl sites for hydroxylation is 2. The van der Waals surface area contributed by atoms with Gasteiger partial charge in [-0.05, 0) is 39.4 Å². The van der Waals surface area contributed by atoms with Crippen LogP contribution >= 0.6 is 24.8 Å². The summed E-state index contributed by atoms with van der Waals surface area (Å²) in [6, 6.07) is 33.0. The van der Waals surface area contributed by atoms with Crippen LogP contribution in [0, 0.1) is 38.1 Å². The normalized spacial score (nSPS) is 12.3. The number of benzene rings is 4. The second-order valence-corrected chi connectivity index (χ2v) is 17.3. The zero-order chi connectivity index (χ0) is 37.9. The van der Waals surface area contributed by atoms with E-state index in [1.807, 2.05) is 60.7 Å². The Hall–Kier alpha value is -2.31. The zero-order valence-electron chi connectivity index (χ0n) is 34.5. The van der Waals surface area contributed by atoms with Crippen LogP contribution < -0.4 is 0 Å². The molecule has 0 unspecified atom stereocenters. The second kappa shape index (κ2) is 21.5. The van der Waals surface area contributed by atoms with E-state index >= 15 is 0 Å². The molecular weight excluding hydrogens is 751 g/mol. The van der Waals surface area contributed by atoms with Crippen LogP contribution in [0.4, 0.5) is 0 Å². The van der Waals surface area contributed by atoms with E-state index in [9.17, 15) is 0 Å². The summed E-state index contributed by atoms with van der Waals surface area (Å²) in [7, 11) is 0. The summed E-state index contributed by atoms with van der Waals surface area (Å²) in [4.78, 5) is 0. The van der Waals surface area contributed by atoms with Crippen LogP contribution in [-0.4, -0.2) is 4.21 Å². The first kappa shape index (κ1) is 49.7. The predicted octanol–water partition coefficient (Wildman–Crippen LogP) is 14.0. The van der Waals surface area contributed by atoms with Crippen molar-refractivity contribution >= 4 is 29.0 Å². The van der Waals surface area contributed by atoms with Gasteiger partial charge in [-0.15, -0.1) is 47.9 Å². The summed E-state index contributed by atoms with van der Waals surface area (Å²) in [5, 5.41) is 0. The Kier molecular flexibility index (Phi) is 20.6. The van der Waals surface area contributed by atoms with Crippen molar-refractivity contribution in [2.45, 2.75) is 131 Å². The molecule has 0 atom stereocenters. The third kappa shape index (κ3) is 15.2. The van der Waals surface area contributed by atoms with Crippen LogP contribution in [0.2, 0.25) is 0 Å². The van der Waals surface area contributed by atoms with Gasteiger partial charge in [-0.1, -0.05) is 120 Å². The van der Waals surface area contributed by atoms with Crippen molar-refractivity contribution < 1.29 is 24.2 Å². The summed E-state index contributed by atoms with van der Waals surface area (Å²) in [5.41, 5.74) is 14.5. The Balaban J connectivity index is 0.000000911. The molecule has 0 amide bonds. The van der Waals surface area contributed by atoms with Gasteiger partial charge in [0.1, 0.15) is 0 Å². The van der Waals surface area contributed by atoms with Gasteiger partial charge in [0, 0.05) is 0 Å². The quantitative estimate of drug-likeness (QED) is 0.137. The van der Waals surface area contributed by atoms with Gasteiger partial charge in [0.05, 0.1) is 0 Å². The molecule has 52 heavy (non-hydrogen) atoms. The van der Waals surface area contributed by atoms with E-state index in [0.29, 0.717) is 0 Å². The van der Waals surface area contributed by atoms with E-state index in [2.05, 4.69) is 150 Å². The van der Waals surface area contributed by atoms with Crippen LogP contribution in [0.15, 0.2) is 85.0 Å². The first-order valence-corrected chi connectivity index (χ1v) is 19.6. The molecule has 282 valence electrons. The fourth-order valence-electron chi connectivity index (χ4n) is 5.91. The van der Waals surface area contributed by atoms with Crippen LogP contribution in [0.3, 0.4) is 0 Å². The molecule has 0 N–H and O–H groups in total. The van der Waals surface area contributed by atoms with Crippen molar-refractivity contribution in [3.05, 3.63) is 154 Å². The van der Waals surface area contributed by atoms with Crippen molar-refractivity contribution in [1.29, 1.82) is 0 Å². The molecule has 0 aromatic heterocycles. The number of allylic oxidation sites excluding steroid dienone is 4. The summed E-state index contributed by atoms with van der Waals surface area (Å²) in [6.07, 6.45) is 11.0. The minimum atomic E-state index is 0. The molecule has 0 saturated heterocycles. The van der Waals surface area contributed by atoms with Crippen molar-refractivity contribution in [3.8, 4) is 11.1 Å². The Labute approximate surface area is 347 Å². The SMILES string of the molecule is CC(C)(C)c1[c-]c2c(cc1C(C)(C)C)-c1cc(C(C)(C)C)c(C(C)(C)C)cc1C2.Cc1cc[c-]cc1.Cc1cc[c-]cc1.Cl.Cl.[C-]1=CC=CC1.[CH2]=[Zr]. The molecule has 0 nitrogen and oxygen atoms in total. The van der Waals surface area contributed by atoms with Gasteiger partial charge in [0.25, 0.3) is 0 Å². The first-order chi connectivity index (χ1) is 23.2. The fraction of sp³-hybridized carbons (Fsp3) is 0.408. The predicted molar refractivity (Wildman–Crippen MR) is 232 cm³/mol. The van der Waals surface area contributed by atoms with Gasteiger partial charge in [-0.3, -0.25) is 6.08 Å². The maximum atomic E-state index is 3.90. The van der Waals surface area contributed by atoms with Gasteiger partial charge in [0.15, 0.2) is 0 Å². The van der Waals surface area contributed by atoms with Crippen LogP contribution in [-0.2, 0) is 52.3 Å². The molecule has 3 heteroatoms. The average molecular weight is 815 g/mol. The number of fused-ring (bicyclic) bond motifs is 3. The second-order valence-electron chi connectivity index (χ2n) is 17.3. The molecule has 0 fully saturated rings. The van der Waals surface area contributed by atoms with E-state index in [0.717, 1.165) is 12.8 Å². The molecule has 0 bridgehead atoms. The van der Waals surface area contributed by atoms with Crippen molar-refractivity contribution in [3.63, 3.8) is 0 Å². The van der Waals surface area contributed by atoms with Crippen LogP contribution in [0.25, 0.3) is 11.1 Å². The van der Waals surface area contributed by atoms with Crippen molar-refractivity contribution in [1.82, 2.24) is 0 Å². The van der Waals surface area contributed by atoms with Crippen molar-refractivity contribution in [2.75, 3.05) is 0 Å². The fourth-order valence-corrected chi connectivity index (χ4v) is 5.91. The summed E-state index contributed by atoms with van der Waals surface area (Å²) < 4.78 is 3.34. The maximum absolute atomic E-state index is 3.90. The van der Waals surface area contributed by atoms with Gasteiger partial charge >= 0.3 is 28.4 Å². The standard InChI is InChI=1S/C29H41.2C7H7.C5H5.CH2.2ClH.Zr/c1-26(2,3)22-14-18-13-19-15-23(27(4,5)6)25(29(10,11)12)17-21(19)20(18)16-24(22)28(7,8)9;2*1-7-5-3-2-4-6-7;1-2-4-5-3-1;;;;/h14,16-17H,13H2,1-12H3;2*3-6H,1H3;1-3H,4H2;1H2;2*1H;/q4*-1;;;;. The summed E-state index contributed by atoms with van der Waals surface area (Å²) in [6.45, 7) is 32.1. The van der Waals surface area contributed by atoms with Gasteiger partial charge in [-0.2, -0.15) is 95.6 Å². The Morgan fingerprint density at radius 1 is 0.577 bits per heavy atom. The minimum absolute atomic E-state index is 0. The Morgan fingerprint density at radius 3 is 1.31 bits per heavy atom. The van der Waals surface area contributed by atoms with Crippen molar-refractivity contribution in [2.24, 2.45) is 0 Å². The van der Waals surface area contributed by atoms with E-state index in [-0.39, 0.29) is 46.5 Å². The molecule has 6 rings (SSSR count). The first-order valence-electron chi connectivity index (χ1n) is 17.9. The van der Waals surface area contributed by atoms with Crippen LogP contribution in [0.1, 0.15) is 134 Å². The summed E-state index contributed by atoms with van der Waals surface area (Å²) in [5.74, 6) is 0. The Bertz CT molecular complexity index is 1580. The molecule has 0 heterocycles. The molecule has 0 aliphatic heterocycles. The molecule has 2 aliphatic rings. The molecule has 4 aromatic rings. The zero-order valence-corrected chi connectivity index (χ0v) is 38.6. The number of hydrogen-bond donors (Lipinski definition) is 0. The number of hydrogen-bond acceptors (Lipinski definition) is 0.